The van der Waals surface area contributed by atoms with Crippen LogP contribution in [0.1, 0.15) is 0 Å². The van der Waals surface area contributed by atoms with Crippen LogP contribution >= 0.6 is 0 Å². The Balaban J connectivity index is 1.96. The molecule has 0 aliphatic carbocycles. The number of rotatable bonds is 7. The Kier molecular flexibility index (Phi) is 5.57. The van der Waals surface area contributed by atoms with Gasteiger partial charge in [-0.3, -0.25) is 4.98 Å². The Hall–Kier alpha value is -2.00. The Morgan fingerprint density at radius 3 is 2.50 bits per heavy atom. The highest BCUT2D eigenvalue weighted by atomic mass is 28.3. The van der Waals surface area contributed by atoms with Crippen molar-refractivity contribution in [2.24, 2.45) is 0 Å². The summed E-state index contributed by atoms with van der Waals surface area (Å²) in [7, 11) is -2.76. The fourth-order valence-corrected chi connectivity index (χ4v) is 3.59. The van der Waals surface area contributed by atoms with Crippen molar-refractivity contribution in [3.63, 3.8) is 0 Å². The molecule has 0 unspecified atom stereocenters. The lowest BCUT2D eigenvalue weighted by molar-refractivity contribution is 0.0912. The minimum Gasteiger partial charge on any atom is -0.422 e. The van der Waals surface area contributed by atoms with Crippen molar-refractivity contribution >= 4 is 31.8 Å². The lowest BCUT2D eigenvalue weighted by Crippen LogP contribution is -2.36. The minimum absolute atomic E-state index is 0.244. The number of ether oxygens (including phenoxy) is 1. The van der Waals surface area contributed by atoms with Gasteiger partial charge in [-0.25, -0.2) is 4.98 Å². The average Bonchev–Trinajstić information content (AvgIpc) is 2.97. The molecule has 0 saturated carbocycles. The van der Waals surface area contributed by atoms with Crippen LogP contribution in [0.25, 0.3) is 22.2 Å². The molecule has 0 radical (unpaired) electrons. The summed E-state index contributed by atoms with van der Waals surface area (Å²) in [4.78, 5) is 8.51. The van der Waals surface area contributed by atoms with Crippen molar-refractivity contribution in [2.75, 3.05) is 6.61 Å². The third kappa shape index (κ3) is 4.21. The predicted molar refractivity (Wildman–Crippen MR) is 107 cm³/mol. The van der Waals surface area contributed by atoms with E-state index in [0.29, 0.717) is 17.8 Å². The van der Waals surface area contributed by atoms with Crippen LogP contribution in [0.15, 0.2) is 42.9 Å². The lowest BCUT2D eigenvalue weighted by atomic mass is 9.86. The van der Waals surface area contributed by atoms with Crippen molar-refractivity contribution in [3.05, 3.63) is 42.9 Å². The highest BCUT2D eigenvalue weighted by Gasteiger charge is 2.22. The zero-order chi connectivity index (χ0) is 18.7. The Morgan fingerprint density at radius 1 is 1.12 bits per heavy atom. The van der Waals surface area contributed by atoms with Crippen LogP contribution in [-0.2, 0) is 11.5 Å². The predicted octanol–water partition coefficient (Wildman–Crippen LogP) is 2.09. The third-order valence-corrected chi connectivity index (χ3v) is 6.01. The molecule has 136 valence electrons. The van der Waals surface area contributed by atoms with Gasteiger partial charge in [0.05, 0.1) is 5.59 Å². The van der Waals surface area contributed by atoms with Crippen LogP contribution in [0.2, 0.25) is 25.7 Å². The molecule has 0 aliphatic rings. The largest absolute Gasteiger partial charge is 0.506 e. The van der Waals surface area contributed by atoms with Gasteiger partial charge in [0.2, 0.25) is 0 Å². The van der Waals surface area contributed by atoms with Gasteiger partial charge < -0.3 is 19.4 Å². The molecule has 3 rings (SSSR count). The monoisotopic (exact) mass is 369 g/mol. The maximum atomic E-state index is 9.80. The van der Waals surface area contributed by atoms with Gasteiger partial charge >= 0.3 is 7.12 Å². The molecule has 0 atom stereocenters. The molecule has 0 aromatic carbocycles. The first-order chi connectivity index (χ1) is 12.4. The van der Waals surface area contributed by atoms with Gasteiger partial charge in [0.25, 0.3) is 0 Å². The van der Waals surface area contributed by atoms with Crippen molar-refractivity contribution in [3.8, 4) is 11.1 Å². The fourth-order valence-electron chi connectivity index (χ4n) is 2.83. The van der Waals surface area contributed by atoms with E-state index in [4.69, 9.17) is 4.74 Å². The van der Waals surface area contributed by atoms with Gasteiger partial charge in [0.15, 0.2) is 0 Å². The summed E-state index contributed by atoms with van der Waals surface area (Å²) in [6.07, 6.45) is 5.20. The van der Waals surface area contributed by atoms with Gasteiger partial charge in [-0.1, -0.05) is 19.6 Å². The summed E-state index contributed by atoms with van der Waals surface area (Å²) in [6, 6.07) is 8.59. The summed E-state index contributed by atoms with van der Waals surface area (Å²) in [5.41, 5.74) is 3.03. The van der Waals surface area contributed by atoms with Crippen molar-refractivity contribution in [1.29, 1.82) is 0 Å². The van der Waals surface area contributed by atoms with Crippen molar-refractivity contribution in [2.45, 2.75) is 32.4 Å². The van der Waals surface area contributed by atoms with E-state index in [2.05, 4.69) is 29.6 Å². The van der Waals surface area contributed by atoms with E-state index in [9.17, 15) is 10.0 Å². The minimum atomic E-state index is -1.59. The Labute approximate surface area is 154 Å². The van der Waals surface area contributed by atoms with Crippen molar-refractivity contribution < 1.29 is 14.8 Å². The zero-order valence-corrected chi connectivity index (χ0v) is 16.4. The van der Waals surface area contributed by atoms with Gasteiger partial charge in [-0.2, -0.15) is 0 Å². The highest BCUT2D eigenvalue weighted by molar-refractivity contribution is 6.76. The summed E-state index contributed by atoms with van der Waals surface area (Å²) >= 11 is 0. The molecule has 6 nitrogen and oxygen atoms in total. The number of nitrogens with zero attached hydrogens (tertiary/aromatic N) is 3. The van der Waals surface area contributed by atoms with E-state index in [1.165, 1.54) is 0 Å². The molecule has 0 spiro atoms. The average molecular weight is 369 g/mol. The quantitative estimate of drug-likeness (QED) is 0.492. The van der Waals surface area contributed by atoms with Crippen LogP contribution in [0.5, 0.6) is 0 Å². The summed E-state index contributed by atoms with van der Waals surface area (Å²) < 4.78 is 7.56. The number of fused-ring (bicyclic) bond motifs is 1. The molecular weight excluding hydrogens is 345 g/mol. The van der Waals surface area contributed by atoms with Crippen LogP contribution in [0.3, 0.4) is 0 Å². The van der Waals surface area contributed by atoms with Gasteiger partial charge in [-0.15, -0.1) is 0 Å². The Morgan fingerprint density at radius 2 is 1.85 bits per heavy atom. The molecule has 0 bridgehead atoms. The van der Waals surface area contributed by atoms with E-state index in [-0.39, 0.29) is 6.73 Å². The molecule has 0 aliphatic heterocycles. The van der Waals surface area contributed by atoms with Gasteiger partial charge in [-0.05, 0) is 41.4 Å². The number of hydrogen-bond donors (Lipinski definition) is 2. The fraction of sp³-hybridized carbons (Fsp3) is 0.333. The van der Waals surface area contributed by atoms with E-state index in [0.717, 1.165) is 22.6 Å². The van der Waals surface area contributed by atoms with Gasteiger partial charge in [0.1, 0.15) is 12.4 Å². The molecule has 0 amide bonds. The first-order valence-corrected chi connectivity index (χ1v) is 12.4. The number of hydrogen-bond acceptors (Lipinski definition) is 5. The number of pyridine rings is 2. The molecule has 3 aromatic heterocycles. The number of aromatic nitrogens is 3. The Bertz CT molecular complexity index is 879. The second-order valence-corrected chi connectivity index (χ2v) is 13.2. The van der Waals surface area contributed by atoms with E-state index >= 15 is 0 Å². The second-order valence-electron chi connectivity index (χ2n) is 7.55. The summed E-state index contributed by atoms with van der Waals surface area (Å²) in [5, 5.41) is 20.5. The first-order valence-electron chi connectivity index (χ1n) is 8.69. The molecule has 3 aromatic rings. The van der Waals surface area contributed by atoms with E-state index < -0.39 is 15.2 Å². The molecule has 3 heterocycles. The molecular formula is C18H24BN3O3Si. The van der Waals surface area contributed by atoms with E-state index in [1.807, 2.05) is 18.2 Å². The smallest absolute Gasteiger partial charge is 0.422 e. The van der Waals surface area contributed by atoms with Crippen LogP contribution in [-0.4, -0.2) is 46.4 Å². The maximum absolute atomic E-state index is 9.80. The molecule has 26 heavy (non-hydrogen) atoms. The molecule has 0 saturated heterocycles. The maximum Gasteiger partial charge on any atom is 0.506 e. The van der Waals surface area contributed by atoms with Crippen LogP contribution in [0.4, 0.5) is 0 Å². The second kappa shape index (κ2) is 7.71. The normalized spacial score (nSPS) is 11.9. The highest BCUT2D eigenvalue weighted by Crippen LogP contribution is 2.27. The first kappa shape index (κ1) is 18.8. The third-order valence-electron chi connectivity index (χ3n) is 4.30. The summed E-state index contributed by atoms with van der Waals surface area (Å²) in [6.45, 7) is 7.79. The molecule has 0 fully saturated rings. The lowest BCUT2D eigenvalue weighted by Gasteiger charge is -2.16. The summed E-state index contributed by atoms with van der Waals surface area (Å²) in [5.74, 6) is 0. The SMILES string of the molecule is C[Si](C)(C)CCOCn1c(B(O)O)cc2c(-c3ccncc3)ccnc21. The van der Waals surface area contributed by atoms with E-state index in [1.54, 1.807) is 29.2 Å². The topological polar surface area (TPSA) is 80.4 Å². The molecule has 2 N–H and O–H groups in total. The van der Waals surface area contributed by atoms with Crippen LogP contribution < -0.4 is 5.59 Å². The molecule has 8 heteroatoms. The standard InChI is InChI=1S/C18H24BN3O3Si/c1-26(2,3)11-10-25-13-22-17(19(23)24)12-16-15(6-9-21-18(16)22)14-4-7-20-8-5-14/h4-9,12,23-24H,10-11,13H2,1-3H3. The zero-order valence-electron chi connectivity index (χ0n) is 15.4. The van der Waals surface area contributed by atoms with Crippen LogP contribution in [0, 0.1) is 0 Å². The van der Waals surface area contributed by atoms with Gasteiger partial charge in [0, 0.05) is 38.7 Å². The van der Waals surface area contributed by atoms with Crippen molar-refractivity contribution in [1.82, 2.24) is 14.5 Å².